The molecule has 0 amide bonds. The van der Waals surface area contributed by atoms with Crippen molar-refractivity contribution in [3.05, 3.63) is 35.4 Å². The van der Waals surface area contributed by atoms with E-state index in [0.717, 1.165) is 23.8 Å². The summed E-state index contributed by atoms with van der Waals surface area (Å²) in [6.45, 7) is 1.26. The Hall–Kier alpha value is -0.820. The van der Waals surface area contributed by atoms with E-state index in [1.807, 2.05) is 0 Å². The van der Waals surface area contributed by atoms with Crippen molar-refractivity contribution in [2.45, 2.75) is 57.4 Å². The fraction of sp³-hybridized carbons (Fsp3) is 0.684. The minimum absolute atomic E-state index is 0.794. The number of hydrogen-bond donors (Lipinski definition) is 1. The summed E-state index contributed by atoms with van der Waals surface area (Å²) in [5.74, 6) is 2.83. The van der Waals surface area contributed by atoms with Gasteiger partial charge in [0.25, 0.3) is 0 Å². The van der Waals surface area contributed by atoms with Crippen molar-refractivity contribution < 1.29 is 0 Å². The summed E-state index contributed by atoms with van der Waals surface area (Å²) >= 11 is 0. The van der Waals surface area contributed by atoms with E-state index < -0.39 is 0 Å². The first-order valence-electron chi connectivity index (χ1n) is 8.70. The van der Waals surface area contributed by atoms with Crippen LogP contribution in [0.3, 0.4) is 0 Å². The Balaban J connectivity index is 1.41. The topological polar surface area (TPSA) is 12.0 Å². The van der Waals surface area contributed by atoms with E-state index >= 15 is 0 Å². The summed E-state index contributed by atoms with van der Waals surface area (Å²) in [7, 11) is 0. The van der Waals surface area contributed by atoms with Crippen molar-refractivity contribution in [1.82, 2.24) is 5.32 Å². The molecular formula is C19H27N. The molecule has 2 atom stereocenters. The van der Waals surface area contributed by atoms with Gasteiger partial charge in [-0.3, -0.25) is 0 Å². The van der Waals surface area contributed by atoms with E-state index in [1.54, 1.807) is 11.1 Å². The van der Waals surface area contributed by atoms with Gasteiger partial charge in [-0.15, -0.1) is 0 Å². The van der Waals surface area contributed by atoms with Gasteiger partial charge in [0, 0.05) is 6.04 Å². The molecule has 0 aliphatic heterocycles. The number of benzene rings is 1. The highest BCUT2D eigenvalue weighted by Gasteiger charge is 2.38. The number of rotatable bonds is 4. The van der Waals surface area contributed by atoms with E-state index in [9.17, 15) is 0 Å². The fourth-order valence-electron chi connectivity index (χ4n) is 4.72. The second-order valence-electron chi connectivity index (χ2n) is 7.34. The molecule has 2 saturated carbocycles. The van der Waals surface area contributed by atoms with Crippen LogP contribution in [0.25, 0.3) is 0 Å². The lowest BCUT2D eigenvalue weighted by Crippen LogP contribution is -2.39. The van der Waals surface area contributed by atoms with Crippen molar-refractivity contribution >= 4 is 0 Å². The van der Waals surface area contributed by atoms with Crippen LogP contribution in [-0.2, 0) is 12.8 Å². The maximum atomic E-state index is 3.96. The molecule has 0 heterocycles. The predicted molar refractivity (Wildman–Crippen MR) is 83.8 cm³/mol. The molecule has 20 heavy (non-hydrogen) atoms. The molecule has 0 radical (unpaired) electrons. The van der Waals surface area contributed by atoms with Crippen molar-refractivity contribution in [2.75, 3.05) is 6.54 Å². The van der Waals surface area contributed by atoms with Crippen molar-refractivity contribution in [1.29, 1.82) is 0 Å². The second kappa shape index (κ2) is 5.52. The van der Waals surface area contributed by atoms with Gasteiger partial charge in [-0.2, -0.15) is 0 Å². The van der Waals surface area contributed by atoms with Crippen LogP contribution in [0.5, 0.6) is 0 Å². The van der Waals surface area contributed by atoms with Gasteiger partial charge in [0.1, 0.15) is 0 Å². The Morgan fingerprint density at radius 1 is 0.900 bits per heavy atom. The highest BCUT2D eigenvalue weighted by atomic mass is 14.9. The smallest absolute Gasteiger partial charge is 0.0130 e. The van der Waals surface area contributed by atoms with Gasteiger partial charge in [-0.05, 0) is 67.5 Å². The number of fused-ring (bicyclic) bond motifs is 3. The lowest BCUT2D eigenvalue weighted by molar-refractivity contribution is 0.270. The Labute approximate surface area is 123 Å². The summed E-state index contributed by atoms with van der Waals surface area (Å²) in [6.07, 6.45) is 11.4. The zero-order valence-corrected chi connectivity index (χ0v) is 12.5. The summed E-state index contributed by atoms with van der Waals surface area (Å²) in [5.41, 5.74) is 3.26. The minimum Gasteiger partial charge on any atom is -0.313 e. The molecule has 4 rings (SSSR count). The van der Waals surface area contributed by atoms with Crippen LogP contribution < -0.4 is 5.32 Å². The first kappa shape index (κ1) is 12.9. The number of nitrogens with one attached hydrogen (secondary N) is 1. The molecule has 3 aliphatic carbocycles. The van der Waals surface area contributed by atoms with Gasteiger partial charge in [-0.25, -0.2) is 0 Å². The average molecular weight is 269 g/mol. The van der Waals surface area contributed by atoms with E-state index in [4.69, 9.17) is 0 Å². The van der Waals surface area contributed by atoms with Crippen LogP contribution in [0.2, 0.25) is 0 Å². The van der Waals surface area contributed by atoms with Crippen molar-refractivity contribution in [3.63, 3.8) is 0 Å². The van der Waals surface area contributed by atoms with Gasteiger partial charge < -0.3 is 5.32 Å². The fourth-order valence-corrected chi connectivity index (χ4v) is 4.72. The quantitative estimate of drug-likeness (QED) is 0.872. The molecule has 1 heteroatoms. The van der Waals surface area contributed by atoms with Crippen LogP contribution in [-0.4, -0.2) is 12.6 Å². The third-order valence-electron chi connectivity index (χ3n) is 6.16. The van der Waals surface area contributed by atoms with Gasteiger partial charge >= 0.3 is 0 Å². The summed E-state index contributed by atoms with van der Waals surface area (Å²) in [4.78, 5) is 0. The minimum atomic E-state index is 0.794. The molecule has 1 aromatic rings. The molecule has 0 saturated heterocycles. The Morgan fingerprint density at radius 2 is 1.55 bits per heavy atom. The second-order valence-corrected chi connectivity index (χ2v) is 7.34. The Kier molecular flexibility index (Phi) is 3.56. The van der Waals surface area contributed by atoms with Crippen molar-refractivity contribution in [3.8, 4) is 0 Å². The maximum Gasteiger partial charge on any atom is 0.0130 e. The van der Waals surface area contributed by atoms with Crippen LogP contribution in [0.15, 0.2) is 24.3 Å². The molecule has 108 valence electrons. The lowest BCUT2D eigenvalue weighted by atomic mass is 9.83. The van der Waals surface area contributed by atoms with E-state index in [2.05, 4.69) is 29.6 Å². The van der Waals surface area contributed by atoms with Crippen molar-refractivity contribution in [2.24, 2.45) is 17.8 Å². The zero-order chi connectivity index (χ0) is 13.4. The SMILES string of the molecule is c1ccc2c(c1)CC1CCC(C2)C1NCCC1CCC1. The molecule has 0 spiro atoms. The molecule has 0 aromatic heterocycles. The normalized spacial score (nSPS) is 32.5. The Bertz CT molecular complexity index is 430. The van der Waals surface area contributed by atoms with E-state index in [1.165, 1.54) is 57.9 Å². The van der Waals surface area contributed by atoms with Gasteiger partial charge in [0.2, 0.25) is 0 Å². The van der Waals surface area contributed by atoms with E-state index in [-0.39, 0.29) is 0 Å². The third-order valence-corrected chi connectivity index (χ3v) is 6.16. The molecule has 1 aromatic carbocycles. The maximum absolute atomic E-state index is 3.96. The largest absolute Gasteiger partial charge is 0.313 e. The van der Waals surface area contributed by atoms with Gasteiger partial charge in [0.05, 0.1) is 0 Å². The first-order valence-corrected chi connectivity index (χ1v) is 8.70. The van der Waals surface area contributed by atoms with Crippen LogP contribution in [0, 0.1) is 17.8 Å². The third kappa shape index (κ3) is 2.41. The molecule has 2 bridgehead atoms. The monoisotopic (exact) mass is 269 g/mol. The zero-order valence-electron chi connectivity index (χ0n) is 12.5. The molecular weight excluding hydrogens is 242 g/mol. The predicted octanol–water partition coefficient (Wildman–Crippen LogP) is 3.96. The molecule has 2 fully saturated rings. The average Bonchev–Trinajstić information content (AvgIpc) is 2.67. The summed E-state index contributed by atoms with van der Waals surface area (Å²) in [6, 6.07) is 9.96. The standard InChI is InChI=1S/C19H27N/c1-2-7-16-13-18-9-8-17(12-15(16)6-1)19(18)20-11-10-14-4-3-5-14/h1-2,6-7,14,17-20H,3-5,8-13H2. The molecule has 1 N–H and O–H groups in total. The number of hydrogen-bond acceptors (Lipinski definition) is 1. The van der Waals surface area contributed by atoms with Crippen LogP contribution in [0.1, 0.15) is 49.7 Å². The highest BCUT2D eigenvalue weighted by Crippen LogP contribution is 2.40. The summed E-state index contributed by atoms with van der Waals surface area (Å²) < 4.78 is 0. The van der Waals surface area contributed by atoms with E-state index in [0.29, 0.717) is 0 Å². The van der Waals surface area contributed by atoms with Crippen LogP contribution in [0.4, 0.5) is 0 Å². The van der Waals surface area contributed by atoms with Gasteiger partial charge in [-0.1, -0.05) is 43.5 Å². The first-order chi connectivity index (χ1) is 9.90. The Morgan fingerprint density at radius 3 is 2.10 bits per heavy atom. The molecule has 1 nitrogen and oxygen atoms in total. The highest BCUT2D eigenvalue weighted by molar-refractivity contribution is 5.30. The molecule has 2 unspecified atom stereocenters. The van der Waals surface area contributed by atoms with Gasteiger partial charge in [0.15, 0.2) is 0 Å². The molecule has 3 aliphatic rings. The van der Waals surface area contributed by atoms with Crippen LogP contribution >= 0.6 is 0 Å². The summed E-state index contributed by atoms with van der Waals surface area (Å²) in [5, 5.41) is 3.96. The lowest BCUT2D eigenvalue weighted by Gasteiger charge is -2.28.